The lowest BCUT2D eigenvalue weighted by Crippen LogP contribution is -2.51. The van der Waals surface area contributed by atoms with E-state index < -0.39 is 64.9 Å². The second-order valence-corrected chi connectivity index (χ2v) is 15.6. The number of anilines is 2. The summed E-state index contributed by atoms with van der Waals surface area (Å²) in [5.41, 5.74) is -2.11. The van der Waals surface area contributed by atoms with E-state index in [9.17, 15) is 37.6 Å². The van der Waals surface area contributed by atoms with Crippen molar-refractivity contribution in [1.82, 2.24) is 20.1 Å². The zero-order valence-corrected chi connectivity index (χ0v) is 31.7. The number of nitriles is 1. The highest BCUT2D eigenvalue weighted by Crippen LogP contribution is 2.41. The molecule has 0 radical (unpaired) electrons. The van der Waals surface area contributed by atoms with Crippen LogP contribution in [-0.4, -0.2) is 93.4 Å². The van der Waals surface area contributed by atoms with Crippen LogP contribution in [-0.2, 0) is 30.1 Å². The summed E-state index contributed by atoms with van der Waals surface area (Å²) >= 11 is 5.67. The maximum atomic E-state index is 15.3. The number of nitrogens with zero attached hydrogens (tertiary/aromatic N) is 5. The van der Waals surface area contributed by atoms with E-state index in [0.717, 1.165) is 17.0 Å². The third-order valence-electron chi connectivity index (χ3n) is 11.1. The summed E-state index contributed by atoms with van der Waals surface area (Å²) in [5.74, 6) is -6.26. The van der Waals surface area contributed by atoms with E-state index in [-0.39, 0.29) is 61.3 Å². The lowest BCUT2D eigenvalue weighted by Gasteiger charge is -2.41. The van der Waals surface area contributed by atoms with Crippen molar-refractivity contribution in [1.29, 1.82) is 5.26 Å². The average Bonchev–Trinajstić information content (AvgIpc) is 3.31. The number of pyridine rings is 1. The topological polar surface area (TPSA) is 148 Å². The molecule has 2 aromatic rings. The van der Waals surface area contributed by atoms with E-state index in [1.54, 1.807) is 30.9 Å². The van der Waals surface area contributed by atoms with Gasteiger partial charge in [0.1, 0.15) is 5.54 Å². The molecule has 4 amide bonds. The number of halogens is 5. The molecule has 4 aliphatic rings. The van der Waals surface area contributed by atoms with Crippen molar-refractivity contribution in [3.63, 3.8) is 0 Å². The molecular weight excluding hydrogens is 762 g/mol. The van der Waals surface area contributed by atoms with Gasteiger partial charge in [-0.05, 0) is 108 Å². The first-order chi connectivity index (χ1) is 26.4. The predicted octanol–water partition coefficient (Wildman–Crippen LogP) is 5.52. The van der Waals surface area contributed by atoms with Crippen LogP contribution >= 0.6 is 12.2 Å². The van der Waals surface area contributed by atoms with E-state index in [1.165, 1.54) is 23.2 Å². The first-order valence-corrected chi connectivity index (χ1v) is 18.9. The summed E-state index contributed by atoms with van der Waals surface area (Å²) in [6, 6.07) is 7.57. The Morgan fingerprint density at radius 2 is 1.82 bits per heavy atom. The van der Waals surface area contributed by atoms with Crippen molar-refractivity contribution in [2.45, 2.75) is 101 Å². The molecule has 4 heterocycles. The van der Waals surface area contributed by atoms with E-state index in [4.69, 9.17) is 17.0 Å². The Morgan fingerprint density at radius 3 is 2.45 bits per heavy atom. The average molecular weight is 804 g/mol. The zero-order chi connectivity index (χ0) is 40.6. The summed E-state index contributed by atoms with van der Waals surface area (Å²) in [7, 11) is 0. The van der Waals surface area contributed by atoms with Crippen LogP contribution in [0.25, 0.3) is 0 Å². The standard InChI is InChI=1S/C38H42F5N7O5S/c1-36(2)34(54)49(26-5-3-22(18-44)29(17-26)38(41,42)43)35(56)50(36)25-6-8-27(9-7-25)55-16-14-23-13-15-48(21-37(23,39)40)20-32(52)46-24-4-11-30(45-19-24)28-10-12-31(51)47-33(28)53/h3-5,11,17,19,23,25,27-28H,6-10,12-16,20-21H2,1-2H3,(H,46,52)(H,47,51,53)/t23?,25-,27-,28?. The number of carbonyl (C=O) groups is 4. The van der Waals surface area contributed by atoms with E-state index in [1.807, 2.05) is 0 Å². The number of aromatic nitrogens is 1. The van der Waals surface area contributed by atoms with Gasteiger partial charge in [-0.15, -0.1) is 0 Å². The van der Waals surface area contributed by atoms with Crippen molar-refractivity contribution in [3.8, 4) is 6.07 Å². The lowest BCUT2D eigenvalue weighted by molar-refractivity contribution is -0.138. The second-order valence-electron chi connectivity index (χ2n) is 15.3. The molecule has 56 heavy (non-hydrogen) atoms. The molecule has 1 aromatic heterocycles. The number of ether oxygens (including phenoxy) is 1. The van der Waals surface area contributed by atoms with Crippen LogP contribution in [0, 0.1) is 17.2 Å². The number of hydrogen-bond acceptors (Lipinski definition) is 9. The number of amides is 4. The van der Waals surface area contributed by atoms with Gasteiger partial charge in [-0.1, -0.05) is 0 Å². The quantitative estimate of drug-likeness (QED) is 0.179. The monoisotopic (exact) mass is 803 g/mol. The number of benzene rings is 1. The highest BCUT2D eigenvalue weighted by molar-refractivity contribution is 7.80. The Labute approximate surface area is 325 Å². The first kappa shape index (κ1) is 41.0. The Balaban J connectivity index is 0.944. The molecule has 1 saturated carbocycles. The van der Waals surface area contributed by atoms with Gasteiger partial charge in [-0.25, -0.2) is 8.78 Å². The van der Waals surface area contributed by atoms with Crippen molar-refractivity contribution >= 4 is 52.3 Å². The predicted molar refractivity (Wildman–Crippen MR) is 196 cm³/mol. The highest BCUT2D eigenvalue weighted by Gasteiger charge is 2.53. The molecular formula is C38H42F5N7O5S. The fourth-order valence-electron chi connectivity index (χ4n) is 8.11. The molecule has 1 aliphatic carbocycles. The van der Waals surface area contributed by atoms with Gasteiger partial charge >= 0.3 is 6.18 Å². The van der Waals surface area contributed by atoms with Crippen molar-refractivity contribution in [3.05, 3.63) is 53.3 Å². The zero-order valence-electron chi connectivity index (χ0n) is 30.8. The normalized spacial score (nSPS) is 25.5. The van der Waals surface area contributed by atoms with Crippen LogP contribution < -0.4 is 15.5 Å². The number of likely N-dealkylation sites (tertiary alicyclic amines) is 1. The number of nitrogens with one attached hydrogen (secondary N) is 2. The third kappa shape index (κ3) is 8.69. The third-order valence-corrected chi connectivity index (χ3v) is 11.5. The largest absolute Gasteiger partial charge is 0.417 e. The fraction of sp³-hybridized carbons (Fsp3) is 0.553. The molecule has 2 N–H and O–H groups in total. The maximum Gasteiger partial charge on any atom is 0.417 e. The summed E-state index contributed by atoms with van der Waals surface area (Å²) < 4.78 is 77.6. The van der Waals surface area contributed by atoms with Crippen molar-refractivity contribution < 1.29 is 45.9 Å². The van der Waals surface area contributed by atoms with Gasteiger partial charge in [0.15, 0.2) is 5.11 Å². The molecule has 0 spiro atoms. The van der Waals surface area contributed by atoms with Crippen LogP contribution in [0.5, 0.6) is 0 Å². The fourth-order valence-corrected chi connectivity index (χ4v) is 8.68. The summed E-state index contributed by atoms with van der Waals surface area (Å²) in [5, 5.41) is 14.2. The van der Waals surface area contributed by atoms with Crippen LogP contribution in [0.1, 0.15) is 88.0 Å². The number of hydrogen-bond donors (Lipinski definition) is 2. The molecule has 12 nitrogen and oxygen atoms in total. The Bertz CT molecular complexity index is 1910. The van der Waals surface area contributed by atoms with Crippen molar-refractivity contribution in [2.75, 3.05) is 36.5 Å². The Morgan fingerprint density at radius 1 is 1.09 bits per heavy atom. The minimum atomic E-state index is -4.80. The van der Waals surface area contributed by atoms with Gasteiger partial charge in [-0.3, -0.25) is 39.3 Å². The van der Waals surface area contributed by atoms with Crippen LogP contribution in [0.15, 0.2) is 36.5 Å². The molecule has 4 fully saturated rings. The smallest absolute Gasteiger partial charge is 0.378 e. The van der Waals surface area contributed by atoms with Crippen LogP contribution in [0.4, 0.5) is 33.3 Å². The number of thiocarbonyl (C=S) groups is 1. The van der Waals surface area contributed by atoms with Gasteiger partial charge in [-0.2, -0.15) is 18.4 Å². The molecule has 1 aromatic carbocycles. The molecule has 2 unspecified atom stereocenters. The number of rotatable bonds is 10. The first-order valence-electron chi connectivity index (χ1n) is 18.5. The van der Waals surface area contributed by atoms with E-state index in [2.05, 4.69) is 15.6 Å². The molecule has 300 valence electrons. The van der Waals surface area contributed by atoms with Gasteiger partial charge < -0.3 is 15.0 Å². The Hall–Kier alpha value is -4.60. The SMILES string of the molecule is CC1(C)C(=O)N(c2ccc(C#N)c(C(F)(F)F)c2)C(=S)N1[C@H]1CC[C@H](OCCC2CCN(CC(=O)Nc3ccc(C4CCC(=O)NC4=O)nc3)CC2(F)F)CC1. The molecule has 6 rings (SSSR count). The van der Waals surface area contributed by atoms with Crippen LogP contribution in [0.2, 0.25) is 0 Å². The van der Waals surface area contributed by atoms with Crippen LogP contribution in [0.3, 0.4) is 0 Å². The minimum Gasteiger partial charge on any atom is -0.378 e. The molecule has 3 saturated heterocycles. The molecule has 3 aliphatic heterocycles. The van der Waals surface area contributed by atoms with Gasteiger partial charge in [0.25, 0.3) is 11.8 Å². The molecule has 0 bridgehead atoms. The minimum absolute atomic E-state index is 0.0713. The van der Waals surface area contributed by atoms with Gasteiger partial charge in [0, 0.05) is 25.0 Å². The van der Waals surface area contributed by atoms with Crippen molar-refractivity contribution in [2.24, 2.45) is 5.92 Å². The summed E-state index contributed by atoms with van der Waals surface area (Å²) in [6.07, 6.45) is -0.491. The maximum absolute atomic E-state index is 15.3. The number of carbonyl (C=O) groups excluding carboxylic acids is 4. The molecule has 2 atom stereocenters. The van der Waals surface area contributed by atoms with E-state index >= 15 is 8.78 Å². The Kier molecular flexibility index (Phi) is 11.8. The van der Waals surface area contributed by atoms with E-state index in [0.29, 0.717) is 50.0 Å². The summed E-state index contributed by atoms with van der Waals surface area (Å²) in [4.78, 5) is 58.3. The lowest BCUT2D eigenvalue weighted by atomic mass is 9.88. The summed E-state index contributed by atoms with van der Waals surface area (Å²) in [6.45, 7) is 2.94. The number of piperidine rings is 2. The highest BCUT2D eigenvalue weighted by atomic mass is 32.1. The van der Waals surface area contributed by atoms with Gasteiger partial charge in [0.2, 0.25) is 17.7 Å². The number of imide groups is 1. The number of alkyl halides is 5. The van der Waals surface area contributed by atoms with Gasteiger partial charge in [0.05, 0.1) is 65.6 Å². The molecule has 18 heteroatoms. The second kappa shape index (κ2) is 16.1.